The van der Waals surface area contributed by atoms with Gasteiger partial charge in [-0.15, -0.1) is 0 Å². The van der Waals surface area contributed by atoms with E-state index in [4.69, 9.17) is 9.84 Å². The predicted molar refractivity (Wildman–Crippen MR) is 128 cm³/mol. The van der Waals surface area contributed by atoms with Crippen molar-refractivity contribution in [1.82, 2.24) is 5.32 Å². The first-order valence-corrected chi connectivity index (χ1v) is 12.8. The monoisotopic (exact) mass is 417 g/mol. The van der Waals surface area contributed by atoms with Crippen molar-refractivity contribution >= 4 is 0 Å². The van der Waals surface area contributed by atoms with Crippen molar-refractivity contribution in [2.24, 2.45) is 0 Å². The van der Waals surface area contributed by atoms with Crippen LogP contribution >= 0.6 is 0 Å². The molecular formula is C25H55NO3. The normalized spacial score (nSPS) is 13.0. The Bertz CT molecular complexity index is 277. The van der Waals surface area contributed by atoms with Crippen LogP contribution in [0.5, 0.6) is 0 Å². The standard InChI is InChI=1S/C23H49NO3.C2H6/c1-3-4-5-6-7-8-9-10-11-12-13-14-15-16-17-18-27-21-23(26)19-24-22(2)20-25;1-2/h22-26H,3-21H2,1-2H3;1-2H3. The van der Waals surface area contributed by atoms with E-state index in [2.05, 4.69) is 12.2 Å². The second-order valence-corrected chi connectivity index (χ2v) is 8.17. The number of aliphatic hydroxyl groups is 2. The van der Waals surface area contributed by atoms with Gasteiger partial charge in [-0.3, -0.25) is 0 Å². The zero-order chi connectivity index (χ0) is 22.0. The Hall–Kier alpha value is -0.160. The summed E-state index contributed by atoms with van der Waals surface area (Å²) in [7, 11) is 0. The number of hydrogen-bond acceptors (Lipinski definition) is 4. The van der Waals surface area contributed by atoms with Gasteiger partial charge in [0.1, 0.15) is 0 Å². The van der Waals surface area contributed by atoms with E-state index in [1.165, 1.54) is 89.9 Å². The molecule has 0 aromatic heterocycles. The second kappa shape index (κ2) is 27.8. The molecule has 0 radical (unpaired) electrons. The topological polar surface area (TPSA) is 61.7 Å². The van der Waals surface area contributed by atoms with Gasteiger partial charge in [-0.1, -0.05) is 111 Å². The van der Waals surface area contributed by atoms with Crippen LogP contribution in [0.25, 0.3) is 0 Å². The van der Waals surface area contributed by atoms with E-state index in [9.17, 15) is 5.11 Å². The highest BCUT2D eigenvalue weighted by Gasteiger charge is 2.06. The Kier molecular flexibility index (Phi) is 29.8. The molecule has 4 nitrogen and oxygen atoms in total. The Morgan fingerprint density at radius 3 is 1.55 bits per heavy atom. The zero-order valence-corrected chi connectivity index (χ0v) is 20.4. The van der Waals surface area contributed by atoms with Gasteiger partial charge in [0.2, 0.25) is 0 Å². The minimum atomic E-state index is -0.490. The predicted octanol–water partition coefficient (Wildman–Crippen LogP) is 6.23. The maximum Gasteiger partial charge on any atom is 0.0897 e. The summed E-state index contributed by atoms with van der Waals surface area (Å²) in [5, 5.41) is 21.7. The van der Waals surface area contributed by atoms with Crippen molar-refractivity contribution in [2.75, 3.05) is 26.4 Å². The van der Waals surface area contributed by atoms with Crippen LogP contribution in [0.1, 0.15) is 124 Å². The van der Waals surface area contributed by atoms with E-state index < -0.39 is 6.10 Å². The van der Waals surface area contributed by atoms with Crippen LogP contribution in [-0.2, 0) is 4.74 Å². The van der Waals surface area contributed by atoms with Crippen LogP contribution in [0.15, 0.2) is 0 Å². The van der Waals surface area contributed by atoms with Crippen LogP contribution in [0.2, 0.25) is 0 Å². The first-order valence-electron chi connectivity index (χ1n) is 12.8. The third-order valence-corrected chi connectivity index (χ3v) is 5.18. The Morgan fingerprint density at radius 2 is 1.14 bits per heavy atom. The van der Waals surface area contributed by atoms with Crippen molar-refractivity contribution in [3.05, 3.63) is 0 Å². The van der Waals surface area contributed by atoms with Gasteiger partial charge in [-0.05, 0) is 13.3 Å². The summed E-state index contributed by atoms with van der Waals surface area (Å²) in [4.78, 5) is 0. The molecule has 0 bridgehead atoms. The summed E-state index contributed by atoms with van der Waals surface area (Å²) in [5.41, 5.74) is 0. The molecule has 178 valence electrons. The fraction of sp³-hybridized carbons (Fsp3) is 1.00. The average Bonchev–Trinajstić information content (AvgIpc) is 2.75. The van der Waals surface area contributed by atoms with E-state index in [0.29, 0.717) is 13.2 Å². The van der Waals surface area contributed by atoms with Crippen LogP contribution in [0.3, 0.4) is 0 Å². The van der Waals surface area contributed by atoms with E-state index >= 15 is 0 Å². The molecule has 0 rings (SSSR count). The van der Waals surface area contributed by atoms with E-state index in [-0.39, 0.29) is 12.6 Å². The van der Waals surface area contributed by atoms with Gasteiger partial charge >= 0.3 is 0 Å². The minimum Gasteiger partial charge on any atom is -0.395 e. The number of aliphatic hydroxyl groups excluding tert-OH is 2. The van der Waals surface area contributed by atoms with Gasteiger partial charge in [0.05, 0.1) is 19.3 Å². The molecule has 0 spiro atoms. The molecule has 0 saturated heterocycles. The van der Waals surface area contributed by atoms with Crippen molar-refractivity contribution in [3.63, 3.8) is 0 Å². The Balaban J connectivity index is 0. The largest absolute Gasteiger partial charge is 0.395 e. The molecule has 29 heavy (non-hydrogen) atoms. The number of rotatable bonds is 22. The van der Waals surface area contributed by atoms with E-state index in [1.54, 1.807) is 0 Å². The van der Waals surface area contributed by atoms with Gasteiger partial charge in [-0.2, -0.15) is 0 Å². The third-order valence-electron chi connectivity index (χ3n) is 5.18. The molecule has 0 saturated carbocycles. The highest BCUT2D eigenvalue weighted by atomic mass is 16.5. The van der Waals surface area contributed by atoms with Crippen LogP contribution in [-0.4, -0.2) is 48.7 Å². The van der Waals surface area contributed by atoms with Gasteiger partial charge < -0.3 is 20.3 Å². The molecule has 0 aliphatic rings. The summed E-state index contributed by atoms with van der Waals surface area (Å²) in [6.07, 6.45) is 20.1. The SMILES string of the molecule is CC.CCCCCCCCCCCCCCCCCOCC(O)CNC(C)CO. The first kappa shape index (κ1) is 31.0. The van der Waals surface area contributed by atoms with E-state index in [0.717, 1.165) is 13.0 Å². The Morgan fingerprint density at radius 1 is 0.724 bits per heavy atom. The van der Waals surface area contributed by atoms with Crippen LogP contribution < -0.4 is 5.32 Å². The van der Waals surface area contributed by atoms with Gasteiger partial charge in [0.15, 0.2) is 0 Å². The molecular weight excluding hydrogens is 362 g/mol. The highest BCUT2D eigenvalue weighted by molar-refractivity contribution is 4.63. The average molecular weight is 418 g/mol. The highest BCUT2D eigenvalue weighted by Crippen LogP contribution is 2.13. The number of ether oxygens (including phenoxy) is 1. The first-order chi connectivity index (χ1) is 14.2. The summed E-state index contributed by atoms with van der Waals surface area (Å²) >= 11 is 0. The maximum atomic E-state index is 9.75. The molecule has 0 aliphatic carbocycles. The zero-order valence-electron chi connectivity index (χ0n) is 20.4. The fourth-order valence-corrected chi connectivity index (χ4v) is 3.26. The summed E-state index contributed by atoms with van der Waals surface area (Å²) in [6, 6.07) is 0.0233. The third kappa shape index (κ3) is 27.8. The lowest BCUT2D eigenvalue weighted by Gasteiger charge is -2.15. The quantitative estimate of drug-likeness (QED) is 0.183. The molecule has 0 aromatic rings. The maximum absolute atomic E-state index is 9.75. The molecule has 0 aromatic carbocycles. The molecule has 0 fully saturated rings. The molecule has 2 unspecified atom stereocenters. The van der Waals surface area contributed by atoms with Gasteiger partial charge in [-0.25, -0.2) is 0 Å². The summed E-state index contributed by atoms with van der Waals surface area (Å²) in [5.74, 6) is 0. The van der Waals surface area contributed by atoms with Crippen LogP contribution in [0.4, 0.5) is 0 Å². The molecule has 0 aliphatic heterocycles. The number of unbranched alkanes of at least 4 members (excludes halogenated alkanes) is 14. The summed E-state index contributed by atoms with van der Waals surface area (Å²) < 4.78 is 5.52. The van der Waals surface area contributed by atoms with Gasteiger partial charge in [0.25, 0.3) is 0 Å². The molecule has 2 atom stereocenters. The van der Waals surface area contributed by atoms with Gasteiger partial charge in [0, 0.05) is 19.2 Å². The number of hydrogen-bond donors (Lipinski definition) is 3. The summed E-state index contributed by atoms with van der Waals surface area (Å²) in [6.45, 7) is 9.85. The molecule has 4 heteroatoms. The molecule has 0 heterocycles. The minimum absolute atomic E-state index is 0.0233. The Labute approximate surface area is 183 Å². The van der Waals surface area contributed by atoms with Crippen molar-refractivity contribution in [2.45, 2.75) is 136 Å². The number of nitrogens with one attached hydrogen (secondary N) is 1. The van der Waals surface area contributed by atoms with E-state index in [1.807, 2.05) is 20.8 Å². The van der Waals surface area contributed by atoms with Crippen LogP contribution in [0, 0.1) is 0 Å². The van der Waals surface area contributed by atoms with Crippen molar-refractivity contribution in [1.29, 1.82) is 0 Å². The fourth-order valence-electron chi connectivity index (χ4n) is 3.26. The lowest BCUT2D eigenvalue weighted by atomic mass is 10.0. The lowest BCUT2D eigenvalue weighted by Crippen LogP contribution is -2.37. The van der Waals surface area contributed by atoms with Crippen molar-refractivity contribution in [3.8, 4) is 0 Å². The second-order valence-electron chi connectivity index (χ2n) is 8.17. The molecule has 3 N–H and O–H groups in total. The molecule has 0 amide bonds. The smallest absolute Gasteiger partial charge is 0.0897 e. The van der Waals surface area contributed by atoms with Crippen molar-refractivity contribution < 1.29 is 14.9 Å². The lowest BCUT2D eigenvalue weighted by molar-refractivity contribution is 0.0334.